The maximum absolute atomic E-state index is 12.2. The van der Waals surface area contributed by atoms with Crippen LogP contribution >= 0.6 is 0 Å². The highest BCUT2D eigenvalue weighted by Gasteiger charge is 2.23. The number of hydrogen-bond acceptors (Lipinski definition) is 2. The first-order valence-corrected chi connectivity index (χ1v) is 5.70. The molecule has 3 heteroatoms. The molecule has 1 amide bonds. The minimum atomic E-state index is -0.386. The van der Waals surface area contributed by atoms with E-state index in [2.05, 4.69) is 6.07 Å². The summed E-state index contributed by atoms with van der Waals surface area (Å²) < 4.78 is 0. The van der Waals surface area contributed by atoms with E-state index in [1.54, 1.807) is 13.1 Å². The molecular weight excluding hydrogens is 212 g/mol. The Morgan fingerprint density at radius 1 is 1.41 bits per heavy atom. The predicted octanol–water partition coefficient (Wildman–Crippen LogP) is 2.62. The van der Waals surface area contributed by atoms with Gasteiger partial charge < -0.3 is 4.90 Å². The van der Waals surface area contributed by atoms with E-state index in [-0.39, 0.29) is 17.9 Å². The fourth-order valence-electron chi connectivity index (χ4n) is 1.79. The molecule has 1 aromatic carbocycles. The van der Waals surface area contributed by atoms with E-state index < -0.39 is 0 Å². The molecule has 17 heavy (non-hydrogen) atoms. The number of amides is 1. The van der Waals surface area contributed by atoms with Gasteiger partial charge in [0.05, 0.1) is 6.07 Å². The predicted molar refractivity (Wildman–Crippen MR) is 67.5 cm³/mol. The molecule has 1 atom stereocenters. The van der Waals surface area contributed by atoms with Gasteiger partial charge in [0.2, 0.25) is 0 Å². The summed E-state index contributed by atoms with van der Waals surface area (Å²) in [5.74, 6) is 0.0210. The molecule has 1 aromatic rings. The van der Waals surface area contributed by atoms with E-state index in [1.165, 1.54) is 4.90 Å². The lowest BCUT2D eigenvalue weighted by Gasteiger charge is -2.25. The molecule has 0 saturated heterocycles. The summed E-state index contributed by atoms with van der Waals surface area (Å²) in [6, 6.07) is 9.20. The highest BCUT2D eigenvalue weighted by Crippen LogP contribution is 2.13. The molecule has 0 aliphatic carbocycles. The average Bonchev–Trinajstić information content (AvgIpc) is 2.28. The molecule has 3 nitrogen and oxygen atoms in total. The van der Waals surface area contributed by atoms with Gasteiger partial charge in [0.15, 0.2) is 0 Å². The van der Waals surface area contributed by atoms with E-state index in [0.29, 0.717) is 5.56 Å². The molecule has 1 unspecified atom stereocenters. The molecule has 0 saturated carbocycles. The van der Waals surface area contributed by atoms with Crippen LogP contribution in [-0.2, 0) is 0 Å². The van der Waals surface area contributed by atoms with Crippen molar-refractivity contribution in [3.8, 4) is 6.07 Å². The lowest BCUT2D eigenvalue weighted by atomic mass is 10.0. The highest BCUT2D eigenvalue weighted by molar-refractivity contribution is 5.94. The van der Waals surface area contributed by atoms with E-state index in [0.717, 1.165) is 5.56 Å². The van der Waals surface area contributed by atoms with Crippen LogP contribution < -0.4 is 0 Å². The van der Waals surface area contributed by atoms with Gasteiger partial charge in [-0.25, -0.2) is 0 Å². The van der Waals surface area contributed by atoms with E-state index in [1.807, 2.05) is 39.0 Å². The number of nitriles is 1. The molecule has 0 bridgehead atoms. The Bertz CT molecular complexity index is 446. The Hall–Kier alpha value is -1.82. The van der Waals surface area contributed by atoms with Crippen LogP contribution in [0.25, 0.3) is 0 Å². The number of carbonyl (C=O) groups excluding carboxylic acids is 1. The van der Waals surface area contributed by atoms with Gasteiger partial charge in [-0.3, -0.25) is 4.79 Å². The summed E-state index contributed by atoms with van der Waals surface area (Å²) in [5.41, 5.74) is 1.68. The van der Waals surface area contributed by atoms with E-state index >= 15 is 0 Å². The Morgan fingerprint density at radius 3 is 2.53 bits per heavy atom. The molecule has 0 spiro atoms. The van der Waals surface area contributed by atoms with Crippen LogP contribution in [-0.4, -0.2) is 23.9 Å². The molecule has 0 aliphatic rings. The van der Waals surface area contributed by atoms with Gasteiger partial charge in [0, 0.05) is 12.6 Å². The zero-order valence-corrected chi connectivity index (χ0v) is 10.8. The molecule has 0 radical (unpaired) electrons. The zero-order chi connectivity index (χ0) is 13.0. The van der Waals surface area contributed by atoms with Crippen molar-refractivity contribution in [3.63, 3.8) is 0 Å². The molecule has 0 heterocycles. The first-order chi connectivity index (χ1) is 7.97. The smallest absolute Gasteiger partial charge is 0.254 e. The van der Waals surface area contributed by atoms with Crippen molar-refractivity contribution in [2.45, 2.75) is 26.8 Å². The van der Waals surface area contributed by atoms with Crippen LogP contribution in [0.1, 0.15) is 29.8 Å². The second-order valence-corrected chi connectivity index (χ2v) is 4.60. The summed E-state index contributed by atoms with van der Waals surface area (Å²) in [5, 5.41) is 9.07. The standard InChI is InChI=1S/C14H18N2O/c1-10(2)13(9-15)16(4)14(17)12-7-5-6-11(3)8-12/h5-8,10,13H,1-4H3. The molecule has 90 valence electrons. The SMILES string of the molecule is Cc1cccc(C(=O)N(C)C(C#N)C(C)C)c1. The molecule has 1 rings (SSSR count). The van der Waals surface area contributed by atoms with E-state index in [9.17, 15) is 4.79 Å². The van der Waals surface area contributed by atoms with Gasteiger partial charge in [-0.05, 0) is 25.0 Å². The molecule has 0 N–H and O–H groups in total. The van der Waals surface area contributed by atoms with Crippen LogP contribution in [0.3, 0.4) is 0 Å². The third kappa shape index (κ3) is 3.07. The highest BCUT2D eigenvalue weighted by atomic mass is 16.2. The first-order valence-electron chi connectivity index (χ1n) is 5.70. The van der Waals surface area contributed by atoms with Crippen LogP contribution in [0.4, 0.5) is 0 Å². The molecule has 0 fully saturated rings. The fraction of sp³-hybridized carbons (Fsp3) is 0.429. The Labute approximate surface area is 103 Å². The second-order valence-electron chi connectivity index (χ2n) is 4.60. The second kappa shape index (κ2) is 5.49. The minimum Gasteiger partial charge on any atom is -0.325 e. The van der Waals surface area contributed by atoms with Crippen molar-refractivity contribution in [1.29, 1.82) is 5.26 Å². The summed E-state index contributed by atoms with van der Waals surface area (Å²) >= 11 is 0. The van der Waals surface area contributed by atoms with Gasteiger partial charge >= 0.3 is 0 Å². The van der Waals surface area contributed by atoms with Crippen molar-refractivity contribution in [3.05, 3.63) is 35.4 Å². The van der Waals surface area contributed by atoms with Gasteiger partial charge in [0.25, 0.3) is 5.91 Å². The quantitative estimate of drug-likeness (QED) is 0.801. The summed E-state index contributed by atoms with van der Waals surface area (Å²) in [6.45, 7) is 5.82. The van der Waals surface area contributed by atoms with Crippen molar-refractivity contribution in [2.24, 2.45) is 5.92 Å². The van der Waals surface area contributed by atoms with Crippen LogP contribution in [0.5, 0.6) is 0 Å². The largest absolute Gasteiger partial charge is 0.325 e. The number of aryl methyl sites for hydroxylation is 1. The summed E-state index contributed by atoms with van der Waals surface area (Å²) in [7, 11) is 1.68. The Kier molecular flexibility index (Phi) is 4.28. The maximum atomic E-state index is 12.2. The molecule has 0 aliphatic heterocycles. The van der Waals surface area contributed by atoms with Crippen molar-refractivity contribution in [2.75, 3.05) is 7.05 Å². The molecule has 0 aromatic heterocycles. The van der Waals surface area contributed by atoms with Gasteiger partial charge in [-0.1, -0.05) is 31.5 Å². The third-order valence-electron chi connectivity index (χ3n) is 2.77. The average molecular weight is 230 g/mol. The molecular formula is C14H18N2O. The maximum Gasteiger partial charge on any atom is 0.254 e. The summed E-state index contributed by atoms with van der Waals surface area (Å²) in [4.78, 5) is 13.7. The number of hydrogen-bond donors (Lipinski definition) is 0. The fourth-order valence-corrected chi connectivity index (χ4v) is 1.79. The monoisotopic (exact) mass is 230 g/mol. The topological polar surface area (TPSA) is 44.1 Å². The van der Waals surface area contributed by atoms with Crippen LogP contribution in [0.2, 0.25) is 0 Å². The first kappa shape index (κ1) is 13.2. The minimum absolute atomic E-state index is 0.103. The van der Waals surface area contributed by atoms with Crippen molar-refractivity contribution < 1.29 is 4.79 Å². The Morgan fingerprint density at radius 2 is 2.06 bits per heavy atom. The van der Waals surface area contributed by atoms with E-state index in [4.69, 9.17) is 5.26 Å². The number of carbonyl (C=O) groups is 1. The Balaban J connectivity index is 2.94. The lowest BCUT2D eigenvalue weighted by molar-refractivity contribution is 0.0736. The normalized spacial score (nSPS) is 12.0. The van der Waals surface area contributed by atoms with Gasteiger partial charge in [-0.2, -0.15) is 5.26 Å². The van der Waals surface area contributed by atoms with Crippen LogP contribution in [0.15, 0.2) is 24.3 Å². The zero-order valence-electron chi connectivity index (χ0n) is 10.8. The van der Waals surface area contributed by atoms with Gasteiger partial charge in [-0.15, -0.1) is 0 Å². The van der Waals surface area contributed by atoms with Crippen molar-refractivity contribution in [1.82, 2.24) is 4.90 Å². The van der Waals surface area contributed by atoms with Crippen molar-refractivity contribution >= 4 is 5.91 Å². The number of rotatable bonds is 3. The summed E-state index contributed by atoms with van der Waals surface area (Å²) in [6.07, 6.45) is 0. The van der Waals surface area contributed by atoms with Gasteiger partial charge in [0.1, 0.15) is 6.04 Å². The number of nitrogens with zero attached hydrogens (tertiary/aromatic N) is 2. The third-order valence-corrected chi connectivity index (χ3v) is 2.77. The lowest BCUT2D eigenvalue weighted by Crippen LogP contribution is -2.39. The number of benzene rings is 1. The van der Waals surface area contributed by atoms with Crippen LogP contribution in [0, 0.1) is 24.2 Å².